The fourth-order valence-electron chi connectivity index (χ4n) is 6.86. The van der Waals surface area contributed by atoms with Crippen LogP contribution in [0.15, 0.2) is 121 Å². The number of benzene rings is 5. The van der Waals surface area contributed by atoms with Crippen molar-refractivity contribution in [3.8, 4) is 0 Å². The van der Waals surface area contributed by atoms with Gasteiger partial charge in [-0.1, -0.05) is 124 Å². The van der Waals surface area contributed by atoms with Gasteiger partial charge in [0.1, 0.15) is 8.07 Å². The molecule has 1 atom stereocenters. The molecule has 0 aliphatic carbocycles. The molecule has 5 aromatic carbocycles. The number of para-hydroxylation sites is 2. The van der Waals surface area contributed by atoms with Crippen LogP contribution in [-0.4, -0.2) is 8.07 Å². The van der Waals surface area contributed by atoms with E-state index >= 15 is 4.57 Å². The second-order valence-corrected chi connectivity index (χ2v) is 18.8. The molecule has 5 aromatic rings. The van der Waals surface area contributed by atoms with Gasteiger partial charge < -0.3 is 9.46 Å². The highest BCUT2D eigenvalue weighted by Gasteiger charge is 2.46. The van der Waals surface area contributed by atoms with Gasteiger partial charge in [-0.25, -0.2) is 0 Å². The predicted octanol–water partition coefficient (Wildman–Crippen LogP) is 6.57. The molecular weight excluding hydrogens is 509 g/mol. The molecule has 0 saturated carbocycles. The second-order valence-electron chi connectivity index (χ2n) is 11.8. The highest BCUT2D eigenvalue weighted by atomic mass is 31.2. The molecule has 192 valence electrons. The number of hydrogen-bond acceptors (Lipinski definition) is 2. The Morgan fingerprint density at radius 2 is 1.15 bits per heavy atom. The maximum Gasteiger partial charge on any atom is 0.170 e. The van der Waals surface area contributed by atoms with Crippen molar-refractivity contribution < 1.29 is 4.57 Å². The van der Waals surface area contributed by atoms with Gasteiger partial charge in [0.05, 0.1) is 11.4 Å². The lowest BCUT2D eigenvalue weighted by Crippen LogP contribution is -2.67. The first kappa shape index (κ1) is 24.4. The minimum Gasteiger partial charge on any atom is -0.310 e. The molecule has 0 amide bonds. The lowest BCUT2D eigenvalue weighted by atomic mass is 9.73. The zero-order valence-corrected chi connectivity index (χ0v) is 24.7. The van der Waals surface area contributed by atoms with Crippen molar-refractivity contribution in [3.05, 3.63) is 132 Å². The molecule has 4 heteroatoms. The van der Waals surface area contributed by atoms with Crippen LogP contribution in [0.5, 0.6) is 0 Å². The van der Waals surface area contributed by atoms with Crippen molar-refractivity contribution in [3.63, 3.8) is 0 Å². The summed E-state index contributed by atoms with van der Waals surface area (Å²) in [6.07, 6.45) is 0. The van der Waals surface area contributed by atoms with Crippen molar-refractivity contribution in [2.45, 2.75) is 32.4 Å². The van der Waals surface area contributed by atoms with Crippen LogP contribution < -0.4 is 31.2 Å². The van der Waals surface area contributed by atoms with Gasteiger partial charge in [0.15, 0.2) is 7.14 Å². The molecule has 2 aliphatic heterocycles. The molecule has 2 heterocycles. The quantitative estimate of drug-likeness (QED) is 0.186. The number of hydrogen-bond donors (Lipinski definition) is 0. The average molecular weight is 542 g/mol. The van der Waals surface area contributed by atoms with Crippen LogP contribution in [0.2, 0.25) is 13.1 Å². The van der Waals surface area contributed by atoms with E-state index in [4.69, 9.17) is 0 Å². The molecule has 0 spiro atoms. The van der Waals surface area contributed by atoms with E-state index in [9.17, 15) is 0 Å². The molecular formula is C35H32NOPSi. The minimum atomic E-state index is -3.09. The van der Waals surface area contributed by atoms with Crippen molar-refractivity contribution in [2.24, 2.45) is 0 Å². The zero-order chi connectivity index (χ0) is 27.0. The Bertz CT molecular complexity index is 1760. The molecule has 2 nitrogen and oxygen atoms in total. The Morgan fingerprint density at radius 1 is 0.615 bits per heavy atom. The van der Waals surface area contributed by atoms with E-state index in [-0.39, 0.29) is 5.41 Å². The molecule has 0 bridgehead atoms. The highest BCUT2D eigenvalue weighted by Crippen LogP contribution is 2.52. The lowest BCUT2D eigenvalue weighted by molar-refractivity contribution is 0.592. The first-order valence-corrected chi connectivity index (χ1v) is 18.4. The third-order valence-electron chi connectivity index (χ3n) is 8.93. The van der Waals surface area contributed by atoms with Gasteiger partial charge in [0, 0.05) is 27.0 Å². The minimum absolute atomic E-state index is 0.120. The number of rotatable bonds is 2. The molecule has 0 radical (unpaired) electrons. The first-order chi connectivity index (χ1) is 18.8. The molecule has 7 rings (SSSR count). The van der Waals surface area contributed by atoms with Crippen LogP contribution in [0.4, 0.5) is 17.1 Å². The predicted molar refractivity (Wildman–Crippen MR) is 169 cm³/mol. The van der Waals surface area contributed by atoms with E-state index in [0.717, 1.165) is 21.6 Å². The van der Waals surface area contributed by atoms with Gasteiger partial charge in [-0.15, -0.1) is 0 Å². The van der Waals surface area contributed by atoms with Gasteiger partial charge in [-0.05, 0) is 45.8 Å². The Hall–Kier alpha value is -3.65. The third-order valence-corrected chi connectivity index (χ3v) is 16.1. The SMILES string of the molecule is CC1(C)c2ccccc2N(c2ccc3c(c2)P(=O)(c2ccccc2)c2ccccc2[Si]3(C)C)c2ccccc21. The molecule has 0 N–H and O–H groups in total. The summed E-state index contributed by atoms with van der Waals surface area (Å²) in [7, 11) is -5.17. The maximum absolute atomic E-state index is 15.6. The summed E-state index contributed by atoms with van der Waals surface area (Å²) < 4.78 is 15.6. The van der Waals surface area contributed by atoms with Crippen LogP contribution in [0.3, 0.4) is 0 Å². The Balaban J connectivity index is 1.54. The molecule has 2 aliphatic rings. The van der Waals surface area contributed by atoms with Gasteiger partial charge in [-0.2, -0.15) is 0 Å². The number of anilines is 3. The normalized spacial score (nSPS) is 19.8. The summed E-state index contributed by atoms with van der Waals surface area (Å²) in [5.74, 6) is 0. The number of nitrogens with zero attached hydrogens (tertiary/aromatic N) is 1. The van der Waals surface area contributed by atoms with Crippen LogP contribution in [-0.2, 0) is 9.98 Å². The summed E-state index contributed by atoms with van der Waals surface area (Å²) in [6, 6.07) is 42.8. The lowest BCUT2D eigenvalue weighted by Gasteiger charge is -2.43. The van der Waals surface area contributed by atoms with Crippen LogP contribution >= 0.6 is 7.14 Å². The van der Waals surface area contributed by atoms with Crippen molar-refractivity contribution >= 4 is 58.6 Å². The monoisotopic (exact) mass is 541 g/mol. The van der Waals surface area contributed by atoms with Gasteiger partial charge in [0.2, 0.25) is 0 Å². The fraction of sp³-hybridized carbons (Fsp3) is 0.143. The molecule has 0 aromatic heterocycles. The maximum atomic E-state index is 15.6. The van der Waals surface area contributed by atoms with Crippen molar-refractivity contribution in [1.29, 1.82) is 0 Å². The van der Waals surface area contributed by atoms with Gasteiger partial charge >= 0.3 is 0 Å². The largest absolute Gasteiger partial charge is 0.310 e. The summed E-state index contributed by atoms with van der Waals surface area (Å²) >= 11 is 0. The summed E-state index contributed by atoms with van der Waals surface area (Å²) in [6.45, 7) is 9.41. The molecule has 0 saturated heterocycles. The van der Waals surface area contributed by atoms with Crippen molar-refractivity contribution in [2.75, 3.05) is 4.90 Å². The molecule has 39 heavy (non-hydrogen) atoms. The summed E-state index contributed by atoms with van der Waals surface area (Å²) in [5.41, 5.74) is 5.90. The van der Waals surface area contributed by atoms with Crippen LogP contribution in [0.25, 0.3) is 0 Å². The molecule has 0 fully saturated rings. The van der Waals surface area contributed by atoms with E-state index < -0.39 is 15.2 Å². The molecule has 1 unspecified atom stereocenters. The first-order valence-electron chi connectivity index (χ1n) is 13.7. The van der Waals surface area contributed by atoms with E-state index in [0.29, 0.717) is 0 Å². The average Bonchev–Trinajstić information content (AvgIpc) is 2.97. The van der Waals surface area contributed by atoms with E-state index in [1.54, 1.807) is 0 Å². The second kappa shape index (κ2) is 8.42. The Morgan fingerprint density at radius 3 is 1.82 bits per heavy atom. The van der Waals surface area contributed by atoms with Gasteiger partial charge in [-0.3, -0.25) is 0 Å². The van der Waals surface area contributed by atoms with E-state index in [1.165, 1.54) is 32.9 Å². The standard InChI is InChI=1S/C35H32NOPSi/c1-35(2)27-16-8-10-18-29(27)36(30-19-11-9-17-28(30)35)25-22-23-34-32(24-25)38(37,26-14-6-5-7-15-26)31-20-12-13-21-33(31)39(34,3)4/h5-24H,1-4H3. The fourth-order valence-corrected chi connectivity index (χ4v) is 15.1. The smallest absolute Gasteiger partial charge is 0.170 e. The van der Waals surface area contributed by atoms with Gasteiger partial charge in [0.25, 0.3) is 0 Å². The van der Waals surface area contributed by atoms with Crippen LogP contribution in [0, 0.1) is 0 Å². The summed E-state index contributed by atoms with van der Waals surface area (Å²) in [4.78, 5) is 2.38. The summed E-state index contributed by atoms with van der Waals surface area (Å²) in [5, 5.41) is 5.48. The van der Waals surface area contributed by atoms with Crippen molar-refractivity contribution in [1.82, 2.24) is 0 Å². The zero-order valence-electron chi connectivity index (χ0n) is 22.8. The van der Waals surface area contributed by atoms with E-state index in [1.807, 2.05) is 36.4 Å². The number of fused-ring (bicyclic) bond motifs is 4. The third kappa shape index (κ3) is 3.30. The highest BCUT2D eigenvalue weighted by molar-refractivity contribution is 7.86. The van der Waals surface area contributed by atoms with E-state index in [2.05, 4.69) is 117 Å². The Kier molecular flexibility index (Phi) is 5.27. The van der Waals surface area contributed by atoms with Crippen LogP contribution in [0.1, 0.15) is 25.0 Å². The topological polar surface area (TPSA) is 20.3 Å². The Labute approximate surface area is 232 Å².